The Bertz CT molecular complexity index is 1850. The molecular weight excluding hydrogens is 646 g/mol. The number of hydrogen-bond donors (Lipinski definition) is 2. The van der Waals surface area contributed by atoms with Crippen LogP contribution in [-0.4, -0.2) is 39.8 Å². The number of hydrogen-bond acceptors (Lipinski definition) is 5. The third-order valence-electron chi connectivity index (χ3n) is 7.55. The van der Waals surface area contributed by atoms with Gasteiger partial charge in [0.2, 0.25) is 5.91 Å². The van der Waals surface area contributed by atoms with Crippen LogP contribution in [0.2, 0.25) is 10.0 Å². The summed E-state index contributed by atoms with van der Waals surface area (Å²) in [5.41, 5.74) is 4.10. The van der Waals surface area contributed by atoms with Crippen molar-refractivity contribution in [3.63, 3.8) is 0 Å². The Balaban J connectivity index is 0.00000384. The van der Waals surface area contributed by atoms with Crippen LogP contribution in [0.1, 0.15) is 29.2 Å². The fourth-order valence-corrected chi connectivity index (χ4v) is 7.54. The summed E-state index contributed by atoms with van der Waals surface area (Å²) < 4.78 is 44.2. The maximum Gasteiger partial charge on any atom is 0.264 e. The van der Waals surface area contributed by atoms with E-state index in [2.05, 4.69) is 15.6 Å². The molecule has 0 saturated carbocycles. The highest BCUT2D eigenvalue weighted by atomic mass is 35.5. The number of anilines is 1. The highest BCUT2D eigenvalue weighted by molar-refractivity contribution is 7.92. The lowest BCUT2D eigenvalue weighted by molar-refractivity contribution is -0.121. The number of amidine groups is 1. The van der Waals surface area contributed by atoms with Gasteiger partial charge in [-0.3, -0.25) is 14.1 Å². The lowest BCUT2D eigenvalue weighted by Crippen LogP contribution is -2.40. The number of halogens is 4. The molecule has 0 bridgehead atoms. The smallest absolute Gasteiger partial charge is 0.264 e. The molecule has 0 fully saturated rings. The molecule has 44 heavy (non-hydrogen) atoms. The van der Waals surface area contributed by atoms with E-state index in [1.807, 2.05) is 24.3 Å². The molecule has 228 valence electrons. The minimum atomic E-state index is -4.27. The Morgan fingerprint density at radius 2 is 1.75 bits per heavy atom. The molecule has 2 aliphatic heterocycles. The van der Waals surface area contributed by atoms with Crippen LogP contribution >= 0.6 is 35.6 Å². The molecule has 0 aliphatic carbocycles. The van der Waals surface area contributed by atoms with Crippen molar-refractivity contribution in [3.05, 3.63) is 117 Å². The number of rotatable bonds is 8. The van der Waals surface area contributed by atoms with E-state index in [-0.39, 0.29) is 39.7 Å². The summed E-state index contributed by atoms with van der Waals surface area (Å²) in [4.78, 5) is 17.7. The van der Waals surface area contributed by atoms with Crippen molar-refractivity contribution in [2.75, 3.05) is 23.9 Å². The second kappa shape index (κ2) is 13.2. The SMILES string of the molecule is Cl.O=C(CC1c2cc(F)ccc2-c2ccccc2N1S(=O)(=O)c1ccc(Cl)c(Cl)c1)NCCc1ccc(C2=NCCN2)cc1. The van der Waals surface area contributed by atoms with E-state index >= 15 is 0 Å². The molecule has 4 aromatic rings. The van der Waals surface area contributed by atoms with E-state index in [4.69, 9.17) is 23.2 Å². The molecule has 12 heteroatoms. The molecule has 2 aliphatic rings. The highest BCUT2D eigenvalue weighted by Gasteiger charge is 2.40. The van der Waals surface area contributed by atoms with Crippen LogP contribution in [0.5, 0.6) is 0 Å². The third-order valence-corrected chi connectivity index (χ3v) is 10.1. The van der Waals surface area contributed by atoms with Crippen molar-refractivity contribution in [2.24, 2.45) is 4.99 Å². The lowest BCUT2D eigenvalue weighted by atomic mass is 9.88. The molecular formula is C32H28Cl3FN4O3S. The van der Waals surface area contributed by atoms with Gasteiger partial charge in [-0.2, -0.15) is 0 Å². The predicted molar refractivity (Wildman–Crippen MR) is 175 cm³/mol. The van der Waals surface area contributed by atoms with Gasteiger partial charge in [0.15, 0.2) is 0 Å². The van der Waals surface area contributed by atoms with Crippen LogP contribution in [0, 0.1) is 5.82 Å². The number of carbonyl (C=O) groups excluding carboxylic acids is 1. The first-order chi connectivity index (χ1) is 20.7. The van der Waals surface area contributed by atoms with Crippen LogP contribution in [-0.2, 0) is 21.2 Å². The number of nitrogens with one attached hydrogen (secondary N) is 2. The van der Waals surface area contributed by atoms with Gasteiger partial charge in [-0.05, 0) is 59.5 Å². The predicted octanol–water partition coefficient (Wildman–Crippen LogP) is 6.57. The van der Waals surface area contributed by atoms with E-state index in [1.54, 1.807) is 30.3 Å². The molecule has 2 N–H and O–H groups in total. The zero-order valence-electron chi connectivity index (χ0n) is 23.3. The zero-order valence-corrected chi connectivity index (χ0v) is 26.4. The van der Waals surface area contributed by atoms with Gasteiger partial charge in [0.1, 0.15) is 11.7 Å². The Kier molecular flexibility index (Phi) is 9.51. The number of para-hydroxylation sites is 1. The third kappa shape index (κ3) is 6.28. The van der Waals surface area contributed by atoms with Crippen LogP contribution in [0.4, 0.5) is 10.1 Å². The van der Waals surface area contributed by atoms with E-state index in [1.165, 1.54) is 34.6 Å². The normalized spacial score (nSPS) is 15.4. The summed E-state index contributed by atoms with van der Waals surface area (Å²) in [5.74, 6) is -0.0151. The summed E-state index contributed by atoms with van der Waals surface area (Å²) in [6, 6.07) is 22.2. The van der Waals surface area contributed by atoms with Crippen molar-refractivity contribution >= 4 is 63.1 Å². The van der Waals surface area contributed by atoms with Gasteiger partial charge in [0.05, 0.1) is 39.6 Å². The molecule has 1 atom stereocenters. The topological polar surface area (TPSA) is 90.9 Å². The fraction of sp³-hybridized carbons (Fsp3) is 0.188. The quantitative estimate of drug-likeness (QED) is 0.222. The Labute approximate surface area is 271 Å². The fourth-order valence-electron chi connectivity index (χ4n) is 5.50. The number of benzene rings is 4. The molecule has 0 radical (unpaired) electrons. The highest BCUT2D eigenvalue weighted by Crippen LogP contribution is 2.48. The maximum absolute atomic E-state index is 14.6. The number of aliphatic imine (C=N–C) groups is 1. The molecule has 6 rings (SSSR count). The van der Waals surface area contributed by atoms with Crippen molar-refractivity contribution in [1.29, 1.82) is 0 Å². The molecule has 0 saturated heterocycles. The van der Waals surface area contributed by atoms with Gasteiger partial charge in [0.25, 0.3) is 10.0 Å². The van der Waals surface area contributed by atoms with Gasteiger partial charge < -0.3 is 10.6 Å². The molecule has 2 heterocycles. The number of fused-ring (bicyclic) bond motifs is 3. The summed E-state index contributed by atoms with van der Waals surface area (Å²) in [6.07, 6.45) is 0.353. The standard InChI is InChI=1S/C32H27Cl2FN4O3S.ClH/c33-27-12-10-23(18-28(27)34)43(41,42)39-29-4-2-1-3-25(29)24-11-9-22(35)17-26(24)30(39)19-31(40)36-14-13-20-5-7-21(8-6-20)32-37-15-16-38-32;/h1-12,17-18,30H,13-16,19H2,(H,36,40)(H,37,38);1H. The summed E-state index contributed by atoms with van der Waals surface area (Å²) in [6.45, 7) is 1.94. The molecule has 4 aromatic carbocycles. The van der Waals surface area contributed by atoms with E-state index < -0.39 is 21.9 Å². The molecule has 0 aromatic heterocycles. The Morgan fingerprint density at radius 1 is 0.977 bits per heavy atom. The second-order valence-electron chi connectivity index (χ2n) is 10.3. The number of amides is 1. The van der Waals surface area contributed by atoms with Crippen LogP contribution < -0.4 is 14.9 Å². The molecule has 1 amide bonds. The monoisotopic (exact) mass is 672 g/mol. The van der Waals surface area contributed by atoms with E-state index in [9.17, 15) is 17.6 Å². The second-order valence-corrected chi connectivity index (χ2v) is 12.9. The number of sulfonamides is 1. The van der Waals surface area contributed by atoms with Crippen LogP contribution in [0.3, 0.4) is 0 Å². The maximum atomic E-state index is 14.6. The summed E-state index contributed by atoms with van der Waals surface area (Å²) >= 11 is 12.3. The van der Waals surface area contributed by atoms with Crippen molar-refractivity contribution < 1.29 is 17.6 Å². The van der Waals surface area contributed by atoms with Gasteiger partial charge in [-0.15, -0.1) is 12.4 Å². The van der Waals surface area contributed by atoms with Crippen molar-refractivity contribution in [2.45, 2.75) is 23.8 Å². The van der Waals surface area contributed by atoms with Crippen molar-refractivity contribution in [1.82, 2.24) is 10.6 Å². The van der Waals surface area contributed by atoms with E-state index in [0.29, 0.717) is 35.3 Å². The first kappa shape index (κ1) is 31.8. The number of nitrogens with zero attached hydrogens (tertiary/aromatic N) is 2. The first-order valence-electron chi connectivity index (χ1n) is 13.7. The largest absolute Gasteiger partial charge is 0.368 e. The summed E-state index contributed by atoms with van der Waals surface area (Å²) in [5, 5.41) is 6.45. The van der Waals surface area contributed by atoms with Gasteiger partial charge in [0, 0.05) is 24.2 Å². The zero-order chi connectivity index (χ0) is 30.1. The van der Waals surface area contributed by atoms with E-state index in [0.717, 1.165) is 30.1 Å². The van der Waals surface area contributed by atoms with Crippen LogP contribution in [0.15, 0.2) is 94.8 Å². The number of carbonyl (C=O) groups is 1. The van der Waals surface area contributed by atoms with Gasteiger partial charge >= 0.3 is 0 Å². The lowest BCUT2D eigenvalue weighted by Gasteiger charge is -2.39. The van der Waals surface area contributed by atoms with Crippen molar-refractivity contribution in [3.8, 4) is 11.1 Å². The Morgan fingerprint density at radius 3 is 2.48 bits per heavy atom. The van der Waals surface area contributed by atoms with Crippen LogP contribution in [0.25, 0.3) is 11.1 Å². The van der Waals surface area contributed by atoms with Gasteiger partial charge in [-0.1, -0.05) is 71.7 Å². The minimum Gasteiger partial charge on any atom is -0.368 e. The van der Waals surface area contributed by atoms with Gasteiger partial charge in [-0.25, -0.2) is 12.8 Å². The molecule has 7 nitrogen and oxygen atoms in total. The summed E-state index contributed by atoms with van der Waals surface area (Å²) in [7, 11) is -4.27. The Hall–Kier alpha value is -3.63. The molecule has 0 spiro atoms. The molecule has 1 unspecified atom stereocenters. The average molecular weight is 674 g/mol. The average Bonchev–Trinajstić information content (AvgIpc) is 3.54. The minimum absolute atomic E-state index is 0. The first-order valence-corrected chi connectivity index (χ1v) is 15.9.